The highest BCUT2D eigenvalue weighted by atomic mass is 35.5. The highest BCUT2D eigenvalue weighted by Gasteiger charge is 2.47. The van der Waals surface area contributed by atoms with Crippen molar-refractivity contribution >= 4 is 52.2 Å². The summed E-state index contributed by atoms with van der Waals surface area (Å²) in [5.41, 5.74) is 0.490. The molecule has 3 aromatic rings. The minimum atomic E-state index is -4.59. The van der Waals surface area contributed by atoms with E-state index in [2.05, 4.69) is 15.7 Å². The van der Waals surface area contributed by atoms with E-state index in [-0.39, 0.29) is 38.7 Å². The van der Waals surface area contributed by atoms with Crippen LogP contribution in [0.2, 0.25) is 15.1 Å². The van der Waals surface area contributed by atoms with E-state index < -0.39 is 24.2 Å². The molecule has 1 aliphatic rings. The summed E-state index contributed by atoms with van der Waals surface area (Å²) < 4.78 is 42.2. The number of amides is 1. The first-order valence-corrected chi connectivity index (χ1v) is 10.2. The minimum Gasteiger partial charge on any atom is -0.362 e. The normalized spacial score (nSPS) is 18.3. The number of halogens is 6. The van der Waals surface area contributed by atoms with Crippen LogP contribution in [0.5, 0.6) is 0 Å². The fourth-order valence-electron chi connectivity index (χ4n) is 3.42. The second-order valence-corrected chi connectivity index (χ2v) is 8.08. The molecule has 2 N–H and O–H groups in total. The highest BCUT2D eigenvalue weighted by molar-refractivity contribution is 6.44. The quantitative estimate of drug-likeness (QED) is 0.427. The molecule has 5 nitrogen and oxygen atoms in total. The molecule has 0 radical (unpaired) electrons. The molecule has 11 heteroatoms. The molecule has 2 atom stereocenters. The van der Waals surface area contributed by atoms with Crippen molar-refractivity contribution in [2.45, 2.75) is 24.7 Å². The Kier molecular flexibility index (Phi) is 5.81. The Labute approximate surface area is 190 Å². The van der Waals surface area contributed by atoms with Gasteiger partial charge in [-0.15, -0.1) is 0 Å². The zero-order chi connectivity index (χ0) is 22.3. The number of rotatable bonds is 3. The van der Waals surface area contributed by atoms with Gasteiger partial charge in [-0.25, -0.2) is 4.68 Å². The van der Waals surface area contributed by atoms with Gasteiger partial charge in [0, 0.05) is 6.42 Å². The largest absolute Gasteiger partial charge is 0.410 e. The topological polar surface area (TPSA) is 59.0 Å². The maximum absolute atomic E-state index is 13.8. The average molecular weight is 490 g/mol. The monoisotopic (exact) mass is 488 g/mol. The number of fused-ring (bicyclic) bond motifs is 1. The lowest BCUT2D eigenvalue weighted by Crippen LogP contribution is -2.35. The summed E-state index contributed by atoms with van der Waals surface area (Å²) in [6.07, 6.45) is -4.90. The van der Waals surface area contributed by atoms with Gasteiger partial charge in [-0.1, -0.05) is 71.2 Å². The van der Waals surface area contributed by atoms with Gasteiger partial charge in [0.15, 0.2) is 11.7 Å². The summed E-state index contributed by atoms with van der Waals surface area (Å²) in [4.78, 5) is 12.7. The van der Waals surface area contributed by atoms with Gasteiger partial charge in [0.2, 0.25) is 0 Å². The molecule has 1 aliphatic heterocycles. The molecule has 162 valence electrons. The fraction of sp³-hybridized carbons (Fsp3) is 0.200. The van der Waals surface area contributed by atoms with Crippen molar-refractivity contribution in [1.82, 2.24) is 9.78 Å². The van der Waals surface area contributed by atoms with E-state index in [4.69, 9.17) is 34.8 Å². The number of hydrogen-bond donors (Lipinski definition) is 2. The van der Waals surface area contributed by atoms with Crippen molar-refractivity contribution < 1.29 is 18.0 Å². The number of alkyl halides is 3. The third-order valence-corrected chi connectivity index (χ3v) is 6.09. The SMILES string of the molecule is O=C(Nc1cccc(Cl)c1Cl)c1nn2c(c1Cl)N[C@@H](c1ccccc1)C[C@@H]2C(F)(F)F. The highest BCUT2D eigenvalue weighted by Crippen LogP contribution is 2.46. The molecule has 0 fully saturated rings. The Morgan fingerprint density at radius 2 is 1.77 bits per heavy atom. The number of carbonyl (C=O) groups is 1. The molecule has 31 heavy (non-hydrogen) atoms. The molecule has 0 unspecified atom stereocenters. The number of nitrogens with zero attached hydrogens (tertiary/aromatic N) is 2. The molecule has 1 amide bonds. The Hall–Kier alpha value is -2.42. The average Bonchev–Trinajstić information content (AvgIpc) is 3.07. The van der Waals surface area contributed by atoms with E-state index >= 15 is 0 Å². The summed E-state index contributed by atoms with van der Waals surface area (Å²) >= 11 is 18.3. The molecule has 1 aromatic heterocycles. The van der Waals surface area contributed by atoms with Crippen LogP contribution in [-0.4, -0.2) is 21.9 Å². The number of hydrogen-bond acceptors (Lipinski definition) is 3. The number of nitrogens with one attached hydrogen (secondary N) is 2. The molecule has 0 aliphatic carbocycles. The van der Waals surface area contributed by atoms with Crippen LogP contribution < -0.4 is 10.6 Å². The lowest BCUT2D eigenvalue weighted by Gasteiger charge is -2.33. The Morgan fingerprint density at radius 1 is 1.06 bits per heavy atom. The van der Waals surface area contributed by atoms with Gasteiger partial charge < -0.3 is 10.6 Å². The molecule has 0 saturated carbocycles. The molecule has 0 bridgehead atoms. The van der Waals surface area contributed by atoms with Crippen molar-refractivity contribution in [1.29, 1.82) is 0 Å². The maximum atomic E-state index is 13.8. The predicted molar refractivity (Wildman–Crippen MR) is 114 cm³/mol. The fourth-order valence-corrected chi connectivity index (χ4v) is 4.03. The lowest BCUT2D eigenvalue weighted by atomic mass is 9.97. The first-order chi connectivity index (χ1) is 14.7. The van der Waals surface area contributed by atoms with Gasteiger partial charge in [-0.3, -0.25) is 4.79 Å². The third-order valence-electron chi connectivity index (χ3n) is 4.91. The number of anilines is 2. The molecular formula is C20H14Cl3F3N4O. The summed E-state index contributed by atoms with van der Waals surface area (Å²) in [6, 6.07) is 10.7. The van der Waals surface area contributed by atoms with Crippen LogP contribution in [0, 0.1) is 0 Å². The molecule has 4 rings (SSSR count). The summed E-state index contributed by atoms with van der Waals surface area (Å²) in [7, 11) is 0. The standard InChI is InChI=1S/C20H14Cl3F3N4O/c21-11-7-4-8-12(15(11)22)28-19(31)17-16(23)18-27-13(10-5-2-1-3-6-10)9-14(20(24,25)26)30(18)29-17/h1-8,13-14,27H,9H2,(H,28,31)/t13-,14-/m1/s1. The van der Waals surface area contributed by atoms with Gasteiger partial charge in [-0.2, -0.15) is 18.3 Å². The molecule has 0 saturated heterocycles. The second-order valence-electron chi connectivity index (χ2n) is 6.91. The van der Waals surface area contributed by atoms with Crippen molar-refractivity contribution in [3.8, 4) is 0 Å². The van der Waals surface area contributed by atoms with Gasteiger partial charge in [0.1, 0.15) is 10.8 Å². The van der Waals surface area contributed by atoms with Gasteiger partial charge >= 0.3 is 6.18 Å². The number of benzene rings is 2. The van der Waals surface area contributed by atoms with Crippen LogP contribution in [0.25, 0.3) is 0 Å². The van der Waals surface area contributed by atoms with E-state index in [0.717, 1.165) is 4.68 Å². The van der Waals surface area contributed by atoms with E-state index in [9.17, 15) is 18.0 Å². The van der Waals surface area contributed by atoms with Crippen LogP contribution in [0.3, 0.4) is 0 Å². The Balaban J connectivity index is 1.71. The Morgan fingerprint density at radius 3 is 2.45 bits per heavy atom. The third kappa shape index (κ3) is 4.20. The van der Waals surface area contributed by atoms with Crippen molar-refractivity contribution in [3.63, 3.8) is 0 Å². The summed E-state index contributed by atoms with van der Waals surface area (Å²) in [5.74, 6) is -0.888. The predicted octanol–water partition coefficient (Wildman–Crippen LogP) is 6.76. The molecule has 2 heterocycles. The second kappa shape index (κ2) is 8.26. The van der Waals surface area contributed by atoms with Gasteiger partial charge in [0.25, 0.3) is 5.91 Å². The van der Waals surface area contributed by atoms with E-state index in [1.165, 1.54) is 12.1 Å². The van der Waals surface area contributed by atoms with E-state index in [0.29, 0.717) is 5.56 Å². The minimum absolute atomic E-state index is 0.0774. The summed E-state index contributed by atoms with van der Waals surface area (Å²) in [5, 5.41) is 9.44. The van der Waals surface area contributed by atoms with Crippen LogP contribution >= 0.6 is 34.8 Å². The van der Waals surface area contributed by atoms with Crippen molar-refractivity contribution in [2.24, 2.45) is 0 Å². The first kappa shape index (κ1) is 21.8. The molecular weight excluding hydrogens is 476 g/mol. The lowest BCUT2D eigenvalue weighted by molar-refractivity contribution is -0.173. The van der Waals surface area contributed by atoms with E-state index in [1.807, 2.05) is 0 Å². The number of carbonyl (C=O) groups excluding carboxylic acids is 1. The molecule has 0 spiro atoms. The number of aromatic nitrogens is 2. The van der Waals surface area contributed by atoms with E-state index in [1.54, 1.807) is 36.4 Å². The van der Waals surface area contributed by atoms with Crippen molar-refractivity contribution in [3.05, 3.63) is 74.9 Å². The Bertz CT molecular complexity index is 1130. The van der Waals surface area contributed by atoms with Crippen LogP contribution in [0.4, 0.5) is 24.7 Å². The first-order valence-electron chi connectivity index (χ1n) is 9.08. The molecule has 2 aromatic carbocycles. The van der Waals surface area contributed by atoms with Crippen LogP contribution in [0.1, 0.15) is 34.6 Å². The zero-order valence-electron chi connectivity index (χ0n) is 15.6. The van der Waals surface area contributed by atoms with Crippen molar-refractivity contribution in [2.75, 3.05) is 10.6 Å². The van der Waals surface area contributed by atoms with Gasteiger partial charge in [-0.05, 0) is 17.7 Å². The smallest absolute Gasteiger partial charge is 0.362 e. The summed E-state index contributed by atoms with van der Waals surface area (Å²) in [6.45, 7) is 0. The van der Waals surface area contributed by atoms with Crippen LogP contribution in [-0.2, 0) is 0 Å². The van der Waals surface area contributed by atoms with Gasteiger partial charge in [0.05, 0.1) is 21.8 Å². The zero-order valence-corrected chi connectivity index (χ0v) is 17.8. The van der Waals surface area contributed by atoms with Crippen LogP contribution in [0.15, 0.2) is 48.5 Å². The maximum Gasteiger partial charge on any atom is 0.410 e.